The van der Waals surface area contributed by atoms with Crippen molar-refractivity contribution in [3.8, 4) is 0 Å². The van der Waals surface area contributed by atoms with Gasteiger partial charge < -0.3 is 5.11 Å². The fourth-order valence-electron chi connectivity index (χ4n) is 1.55. The lowest BCUT2D eigenvalue weighted by atomic mass is 10.1. The first kappa shape index (κ1) is 13.7. The van der Waals surface area contributed by atoms with E-state index >= 15 is 0 Å². The molecule has 0 spiro atoms. The van der Waals surface area contributed by atoms with Crippen molar-refractivity contribution in [3.63, 3.8) is 0 Å². The second kappa shape index (κ2) is 7.07. The Bertz CT molecular complexity index is 357. The summed E-state index contributed by atoms with van der Waals surface area (Å²) in [7, 11) is 1.96. The van der Waals surface area contributed by atoms with Crippen LogP contribution in [-0.4, -0.2) is 30.2 Å². The van der Waals surface area contributed by atoms with Crippen LogP contribution < -0.4 is 0 Å². The van der Waals surface area contributed by atoms with E-state index in [0.29, 0.717) is 6.54 Å². The molecular weight excluding hydrogens is 289 g/mol. The van der Waals surface area contributed by atoms with Gasteiger partial charge >= 0.3 is 0 Å². The van der Waals surface area contributed by atoms with Gasteiger partial charge in [0.1, 0.15) is 0 Å². The molecule has 1 aromatic rings. The Labute approximate surface area is 110 Å². The Morgan fingerprint density at radius 2 is 2.31 bits per heavy atom. The van der Waals surface area contributed by atoms with Gasteiger partial charge in [0.05, 0.1) is 12.6 Å². The molecule has 0 aromatic heterocycles. The highest BCUT2D eigenvalue weighted by atomic mass is 79.9. The molecule has 1 N–H and O–H groups in total. The first-order chi connectivity index (χ1) is 7.69. The highest BCUT2D eigenvalue weighted by Crippen LogP contribution is 2.22. The molecule has 2 nitrogen and oxygen atoms in total. The molecule has 1 aromatic carbocycles. The summed E-state index contributed by atoms with van der Waals surface area (Å²) in [6.07, 6.45) is 1.85. The molecule has 16 heavy (non-hydrogen) atoms. The summed E-state index contributed by atoms with van der Waals surface area (Å²) in [6, 6.07) is 7.95. The predicted octanol–water partition coefficient (Wildman–Crippen LogP) is 3.17. The molecule has 0 heterocycles. The summed E-state index contributed by atoms with van der Waals surface area (Å²) in [5.74, 6) is 0. The average Bonchev–Trinajstić information content (AvgIpc) is 2.27. The number of aliphatic hydroxyl groups is 1. The number of hydrogen-bond acceptors (Lipinski definition) is 2. The van der Waals surface area contributed by atoms with Gasteiger partial charge in [0, 0.05) is 16.6 Å². The molecule has 0 fully saturated rings. The van der Waals surface area contributed by atoms with Gasteiger partial charge in [-0.2, -0.15) is 0 Å². The van der Waals surface area contributed by atoms with E-state index in [0.717, 1.165) is 10.0 Å². The lowest BCUT2D eigenvalue weighted by molar-refractivity contribution is 0.158. The molecule has 0 radical (unpaired) electrons. The van der Waals surface area contributed by atoms with E-state index in [1.165, 1.54) is 5.54 Å². The van der Waals surface area contributed by atoms with Crippen molar-refractivity contribution in [2.75, 3.05) is 20.2 Å². The maximum Gasteiger partial charge on any atom is 0.0628 e. The van der Waals surface area contributed by atoms with Gasteiger partial charge in [-0.1, -0.05) is 45.7 Å². The monoisotopic (exact) mass is 303 g/mol. The predicted molar refractivity (Wildman–Crippen MR) is 71.6 cm³/mol. The van der Waals surface area contributed by atoms with Crippen LogP contribution in [0.2, 0.25) is 0 Å². The van der Waals surface area contributed by atoms with Crippen molar-refractivity contribution < 1.29 is 5.11 Å². The topological polar surface area (TPSA) is 23.5 Å². The van der Waals surface area contributed by atoms with Gasteiger partial charge in [-0.3, -0.25) is 4.90 Å². The van der Waals surface area contributed by atoms with Crippen LogP contribution >= 0.6 is 27.5 Å². The summed E-state index contributed by atoms with van der Waals surface area (Å²) in [4.78, 5) is 2.04. The maximum absolute atomic E-state index is 9.43. The molecule has 0 aliphatic carbocycles. The number of rotatable bonds is 5. The van der Waals surface area contributed by atoms with Gasteiger partial charge in [-0.15, -0.1) is 0 Å². The molecular formula is C12H15BrClNO. The second-order valence-corrected chi connectivity index (χ2v) is 4.72. The van der Waals surface area contributed by atoms with Crippen molar-refractivity contribution in [1.29, 1.82) is 0 Å². The van der Waals surface area contributed by atoms with E-state index < -0.39 is 0 Å². The summed E-state index contributed by atoms with van der Waals surface area (Å²) in [5.41, 5.74) is 2.58. The summed E-state index contributed by atoms with van der Waals surface area (Å²) in [5, 5.41) is 9.43. The lowest BCUT2D eigenvalue weighted by Crippen LogP contribution is -2.27. The maximum atomic E-state index is 9.43. The van der Waals surface area contributed by atoms with Crippen LogP contribution in [0.4, 0.5) is 0 Å². The Balaban J connectivity index is 2.80. The van der Waals surface area contributed by atoms with E-state index in [1.54, 1.807) is 0 Å². The Morgan fingerprint density at radius 1 is 1.56 bits per heavy atom. The minimum Gasteiger partial charge on any atom is -0.394 e. The fraction of sp³-hybridized carbons (Fsp3) is 0.333. The molecule has 88 valence electrons. The molecule has 0 saturated carbocycles. The van der Waals surface area contributed by atoms with Crippen LogP contribution in [0, 0.1) is 0 Å². The highest BCUT2D eigenvalue weighted by molar-refractivity contribution is 9.10. The SMILES string of the molecule is CN(C/C=C/Cl)C(CO)c1cccc(Br)c1. The first-order valence-corrected chi connectivity index (χ1v) is 6.23. The summed E-state index contributed by atoms with van der Waals surface area (Å²) in [6.45, 7) is 0.796. The summed E-state index contributed by atoms with van der Waals surface area (Å²) >= 11 is 8.91. The zero-order chi connectivity index (χ0) is 12.0. The van der Waals surface area contributed by atoms with Gasteiger partial charge in [-0.25, -0.2) is 0 Å². The molecule has 0 saturated heterocycles. The molecule has 1 atom stereocenters. The first-order valence-electron chi connectivity index (χ1n) is 5.00. The van der Waals surface area contributed by atoms with Crippen LogP contribution in [0.1, 0.15) is 11.6 Å². The quantitative estimate of drug-likeness (QED) is 0.903. The zero-order valence-electron chi connectivity index (χ0n) is 9.11. The third-order valence-electron chi connectivity index (χ3n) is 2.42. The largest absolute Gasteiger partial charge is 0.394 e. The van der Waals surface area contributed by atoms with Gasteiger partial charge in [-0.05, 0) is 24.7 Å². The minimum atomic E-state index is -0.00892. The number of benzene rings is 1. The van der Waals surface area contributed by atoms with E-state index in [4.69, 9.17) is 11.6 Å². The third kappa shape index (κ3) is 3.91. The van der Waals surface area contributed by atoms with Crippen LogP contribution in [0.3, 0.4) is 0 Å². The molecule has 0 amide bonds. The molecule has 0 bridgehead atoms. The van der Waals surface area contributed by atoms with E-state index in [9.17, 15) is 5.11 Å². The highest BCUT2D eigenvalue weighted by Gasteiger charge is 2.14. The zero-order valence-corrected chi connectivity index (χ0v) is 11.4. The molecule has 1 rings (SSSR count). The lowest BCUT2D eigenvalue weighted by Gasteiger charge is -2.25. The normalized spacial score (nSPS) is 13.6. The van der Waals surface area contributed by atoms with Crippen molar-refractivity contribution in [3.05, 3.63) is 45.9 Å². The number of aliphatic hydroxyl groups excluding tert-OH is 1. The van der Waals surface area contributed by atoms with Crippen molar-refractivity contribution in [2.45, 2.75) is 6.04 Å². The van der Waals surface area contributed by atoms with Crippen LogP contribution in [0.15, 0.2) is 40.3 Å². The van der Waals surface area contributed by atoms with Gasteiger partial charge in [0.15, 0.2) is 0 Å². The standard InChI is InChI=1S/C12H15BrClNO/c1-15(7-3-6-14)12(9-16)10-4-2-5-11(13)8-10/h2-6,8,12,16H,7,9H2,1H3/b6-3+. The van der Waals surface area contributed by atoms with Crippen LogP contribution in [-0.2, 0) is 0 Å². The number of halogens is 2. The second-order valence-electron chi connectivity index (χ2n) is 3.55. The number of hydrogen-bond donors (Lipinski definition) is 1. The average molecular weight is 305 g/mol. The third-order valence-corrected chi connectivity index (χ3v) is 3.09. The Kier molecular flexibility index (Phi) is 6.06. The number of nitrogens with zero attached hydrogens (tertiary/aromatic N) is 1. The van der Waals surface area contributed by atoms with Crippen LogP contribution in [0.5, 0.6) is 0 Å². The van der Waals surface area contributed by atoms with E-state index in [2.05, 4.69) is 15.9 Å². The van der Waals surface area contributed by atoms with E-state index in [1.807, 2.05) is 42.3 Å². The fourth-order valence-corrected chi connectivity index (χ4v) is 2.04. The van der Waals surface area contributed by atoms with Crippen molar-refractivity contribution in [2.24, 2.45) is 0 Å². The smallest absolute Gasteiger partial charge is 0.0628 e. The van der Waals surface area contributed by atoms with Gasteiger partial charge in [0.25, 0.3) is 0 Å². The summed E-state index contributed by atoms with van der Waals surface area (Å²) < 4.78 is 1.02. The van der Waals surface area contributed by atoms with Gasteiger partial charge in [0.2, 0.25) is 0 Å². The molecule has 0 aliphatic rings. The van der Waals surface area contributed by atoms with Crippen molar-refractivity contribution >= 4 is 27.5 Å². The molecule has 0 aliphatic heterocycles. The molecule has 4 heteroatoms. The van der Waals surface area contributed by atoms with E-state index in [-0.39, 0.29) is 12.6 Å². The number of likely N-dealkylation sites (N-methyl/N-ethyl adjacent to an activating group) is 1. The Morgan fingerprint density at radius 3 is 2.88 bits per heavy atom. The minimum absolute atomic E-state index is 0.00892. The Hall–Kier alpha value is -0.350. The molecule has 1 unspecified atom stereocenters. The van der Waals surface area contributed by atoms with Crippen LogP contribution in [0.25, 0.3) is 0 Å². The van der Waals surface area contributed by atoms with Crippen molar-refractivity contribution in [1.82, 2.24) is 4.90 Å².